The highest BCUT2D eigenvalue weighted by atomic mass is 16.3. The fourth-order valence-electron chi connectivity index (χ4n) is 2.83. The van der Waals surface area contributed by atoms with Crippen LogP contribution in [0.3, 0.4) is 0 Å². The molecule has 1 amide bonds. The minimum atomic E-state index is -0.236. The Hall–Kier alpha value is -1.29. The minimum absolute atomic E-state index is 0.00833. The number of aromatic nitrogens is 1. The van der Waals surface area contributed by atoms with E-state index in [2.05, 4.69) is 9.88 Å². The van der Waals surface area contributed by atoms with Gasteiger partial charge in [-0.1, -0.05) is 6.42 Å². The lowest BCUT2D eigenvalue weighted by molar-refractivity contribution is 0.0907. The highest BCUT2D eigenvalue weighted by molar-refractivity contribution is 5.92. The van der Waals surface area contributed by atoms with E-state index in [-0.39, 0.29) is 17.9 Å². The highest BCUT2D eigenvalue weighted by Gasteiger charge is 2.28. The van der Waals surface area contributed by atoms with Crippen LogP contribution in [0.4, 0.5) is 0 Å². The van der Waals surface area contributed by atoms with Crippen LogP contribution in [0.25, 0.3) is 0 Å². The summed E-state index contributed by atoms with van der Waals surface area (Å²) in [5.74, 6) is 0.226. The zero-order valence-electron chi connectivity index (χ0n) is 10.5. The van der Waals surface area contributed by atoms with Gasteiger partial charge in [0, 0.05) is 24.7 Å². The number of rotatable bonds is 4. The van der Waals surface area contributed by atoms with E-state index in [0.717, 1.165) is 25.0 Å². The first kappa shape index (κ1) is 11.8. The Morgan fingerprint density at radius 3 is 2.89 bits per heavy atom. The van der Waals surface area contributed by atoms with Gasteiger partial charge in [-0.2, -0.15) is 0 Å². The Bertz CT molecular complexity index is 437. The van der Waals surface area contributed by atoms with Gasteiger partial charge in [0.2, 0.25) is 0 Å². The smallest absolute Gasteiger partial charge is 0.267 e. The maximum atomic E-state index is 12.1. The third-order valence-corrected chi connectivity index (χ3v) is 4.10. The number of carbonyl (C=O) groups excluding carboxylic acids is 1. The van der Waals surface area contributed by atoms with E-state index in [4.69, 9.17) is 0 Å². The predicted octanol–water partition coefficient (Wildman–Crippen LogP) is 1.71. The van der Waals surface area contributed by atoms with Crippen LogP contribution in [0.5, 0.6) is 0 Å². The molecule has 2 saturated carbocycles. The van der Waals surface area contributed by atoms with Crippen molar-refractivity contribution in [3.63, 3.8) is 0 Å². The molecule has 1 aromatic heterocycles. The summed E-state index contributed by atoms with van der Waals surface area (Å²) in [6.07, 6.45) is 7.06. The van der Waals surface area contributed by atoms with Gasteiger partial charge >= 0.3 is 0 Å². The van der Waals surface area contributed by atoms with Gasteiger partial charge in [0.05, 0.1) is 6.10 Å². The maximum Gasteiger partial charge on any atom is 0.267 e. The number of nitrogens with one attached hydrogen (secondary N) is 1. The van der Waals surface area contributed by atoms with Gasteiger partial charge in [-0.15, -0.1) is 0 Å². The van der Waals surface area contributed by atoms with E-state index in [1.54, 1.807) is 0 Å². The van der Waals surface area contributed by atoms with E-state index in [1.165, 1.54) is 12.8 Å². The Labute approximate surface area is 107 Å². The molecule has 3 rings (SSSR count). The van der Waals surface area contributed by atoms with Gasteiger partial charge in [0.15, 0.2) is 0 Å². The summed E-state index contributed by atoms with van der Waals surface area (Å²) in [7, 11) is 0. The molecule has 0 bridgehead atoms. The largest absolute Gasteiger partial charge is 0.393 e. The molecule has 4 heteroatoms. The standard InChI is InChI=1S/C14H20N2O2/c17-13-5-1-3-10(13)9-15-14(18)12-4-2-8-16(12)11-6-7-11/h2,4,8,10-11,13,17H,1,3,5-7,9H2,(H,15,18). The second kappa shape index (κ2) is 4.76. The summed E-state index contributed by atoms with van der Waals surface area (Å²) in [5, 5.41) is 12.7. The quantitative estimate of drug-likeness (QED) is 0.852. The van der Waals surface area contributed by atoms with Crippen LogP contribution in [-0.2, 0) is 0 Å². The van der Waals surface area contributed by atoms with Crippen molar-refractivity contribution in [2.45, 2.75) is 44.2 Å². The fourth-order valence-corrected chi connectivity index (χ4v) is 2.83. The first-order valence-electron chi connectivity index (χ1n) is 6.89. The lowest BCUT2D eigenvalue weighted by atomic mass is 10.1. The molecule has 18 heavy (non-hydrogen) atoms. The average molecular weight is 248 g/mol. The van der Waals surface area contributed by atoms with Crippen LogP contribution in [-0.4, -0.2) is 28.2 Å². The van der Waals surface area contributed by atoms with Crippen molar-refractivity contribution in [2.24, 2.45) is 5.92 Å². The lowest BCUT2D eigenvalue weighted by Crippen LogP contribution is -2.33. The number of amides is 1. The van der Waals surface area contributed by atoms with E-state index >= 15 is 0 Å². The van der Waals surface area contributed by atoms with Crippen molar-refractivity contribution in [1.82, 2.24) is 9.88 Å². The molecule has 0 radical (unpaired) electrons. The Morgan fingerprint density at radius 1 is 1.39 bits per heavy atom. The van der Waals surface area contributed by atoms with Crippen molar-refractivity contribution < 1.29 is 9.90 Å². The van der Waals surface area contributed by atoms with Crippen LogP contribution in [0.15, 0.2) is 18.3 Å². The molecule has 1 aromatic rings. The van der Waals surface area contributed by atoms with Crippen molar-refractivity contribution >= 4 is 5.91 Å². The number of hydrogen-bond acceptors (Lipinski definition) is 2. The Morgan fingerprint density at radius 2 is 2.22 bits per heavy atom. The summed E-state index contributed by atoms with van der Waals surface area (Å²) >= 11 is 0. The molecular formula is C14H20N2O2. The summed E-state index contributed by atoms with van der Waals surface area (Å²) in [5.41, 5.74) is 0.755. The zero-order chi connectivity index (χ0) is 12.5. The number of aliphatic hydroxyl groups is 1. The number of aliphatic hydroxyl groups excluding tert-OH is 1. The summed E-state index contributed by atoms with van der Waals surface area (Å²) in [6.45, 7) is 0.593. The van der Waals surface area contributed by atoms with Crippen LogP contribution < -0.4 is 5.32 Å². The number of hydrogen-bond donors (Lipinski definition) is 2. The van der Waals surface area contributed by atoms with Gasteiger partial charge in [-0.05, 0) is 37.8 Å². The Balaban J connectivity index is 1.59. The molecule has 0 spiro atoms. The van der Waals surface area contributed by atoms with Crippen molar-refractivity contribution in [3.8, 4) is 0 Å². The van der Waals surface area contributed by atoms with Gasteiger partial charge in [-0.25, -0.2) is 0 Å². The minimum Gasteiger partial charge on any atom is -0.393 e. The van der Waals surface area contributed by atoms with Crippen molar-refractivity contribution in [2.75, 3.05) is 6.54 Å². The third kappa shape index (κ3) is 2.29. The van der Waals surface area contributed by atoms with Crippen molar-refractivity contribution in [3.05, 3.63) is 24.0 Å². The lowest BCUT2D eigenvalue weighted by Gasteiger charge is -2.15. The molecule has 0 aromatic carbocycles. The molecule has 0 saturated heterocycles. The topological polar surface area (TPSA) is 54.3 Å². The predicted molar refractivity (Wildman–Crippen MR) is 68.4 cm³/mol. The normalized spacial score (nSPS) is 27.4. The molecule has 2 fully saturated rings. The second-order valence-electron chi connectivity index (χ2n) is 5.50. The molecule has 2 atom stereocenters. The molecular weight excluding hydrogens is 228 g/mol. The molecule has 2 aliphatic carbocycles. The van der Waals surface area contributed by atoms with Crippen LogP contribution >= 0.6 is 0 Å². The van der Waals surface area contributed by atoms with E-state index < -0.39 is 0 Å². The first-order chi connectivity index (χ1) is 8.75. The van der Waals surface area contributed by atoms with Gasteiger partial charge in [0.1, 0.15) is 5.69 Å². The molecule has 2 N–H and O–H groups in total. The zero-order valence-corrected chi connectivity index (χ0v) is 10.5. The van der Waals surface area contributed by atoms with Crippen LogP contribution in [0.2, 0.25) is 0 Å². The van der Waals surface area contributed by atoms with Crippen molar-refractivity contribution in [1.29, 1.82) is 0 Å². The second-order valence-corrected chi connectivity index (χ2v) is 5.50. The maximum absolute atomic E-state index is 12.1. The van der Waals surface area contributed by atoms with Crippen LogP contribution in [0, 0.1) is 5.92 Å². The summed E-state index contributed by atoms with van der Waals surface area (Å²) < 4.78 is 2.07. The number of nitrogens with zero attached hydrogens (tertiary/aromatic N) is 1. The summed E-state index contributed by atoms with van der Waals surface area (Å²) in [6, 6.07) is 4.33. The van der Waals surface area contributed by atoms with Gasteiger partial charge in [-0.3, -0.25) is 4.79 Å². The monoisotopic (exact) mass is 248 g/mol. The number of carbonyl (C=O) groups is 1. The summed E-state index contributed by atoms with van der Waals surface area (Å²) in [4.78, 5) is 12.1. The van der Waals surface area contributed by atoms with Crippen LogP contribution in [0.1, 0.15) is 48.6 Å². The SMILES string of the molecule is O=C(NCC1CCCC1O)c1cccn1C1CC1. The average Bonchev–Trinajstić information content (AvgIpc) is 2.95. The van der Waals surface area contributed by atoms with Gasteiger partial charge in [0.25, 0.3) is 5.91 Å². The molecule has 4 nitrogen and oxygen atoms in total. The molecule has 2 aliphatic rings. The molecule has 0 aliphatic heterocycles. The van der Waals surface area contributed by atoms with Gasteiger partial charge < -0.3 is 15.0 Å². The Kier molecular flexibility index (Phi) is 3.12. The third-order valence-electron chi connectivity index (χ3n) is 4.10. The molecule has 1 heterocycles. The van der Waals surface area contributed by atoms with E-state index in [1.807, 2.05) is 18.3 Å². The van der Waals surface area contributed by atoms with E-state index in [0.29, 0.717) is 12.6 Å². The fraction of sp³-hybridized carbons (Fsp3) is 0.643. The molecule has 2 unspecified atom stereocenters. The first-order valence-corrected chi connectivity index (χ1v) is 6.89. The highest BCUT2D eigenvalue weighted by Crippen LogP contribution is 2.36. The molecule has 98 valence electrons. The van der Waals surface area contributed by atoms with E-state index in [9.17, 15) is 9.90 Å².